The first-order valence-corrected chi connectivity index (χ1v) is 12.3. The largest absolute Gasteiger partial charge is 0.497 e. The molecule has 8 heteroatoms. The highest BCUT2D eigenvalue weighted by Crippen LogP contribution is 2.37. The average molecular weight is 474 g/mol. The van der Waals surface area contributed by atoms with Crippen LogP contribution in [0.15, 0.2) is 55.1 Å². The van der Waals surface area contributed by atoms with Crippen molar-refractivity contribution in [2.45, 2.75) is 38.8 Å². The molecule has 1 unspecified atom stereocenters. The SMILES string of the molecule is COc1cccc(CNc2ncnc3sc(C(=O)N4CCCCC4c4cccnc4)c(C)c23)c1. The zero-order valence-electron chi connectivity index (χ0n) is 19.3. The number of aromatic nitrogens is 3. The van der Waals surface area contributed by atoms with Gasteiger partial charge < -0.3 is 15.0 Å². The van der Waals surface area contributed by atoms with E-state index in [4.69, 9.17) is 4.74 Å². The second kappa shape index (κ2) is 9.77. The number of amides is 1. The fourth-order valence-corrected chi connectivity index (χ4v) is 5.71. The Balaban J connectivity index is 1.44. The van der Waals surface area contributed by atoms with Crippen LogP contribution in [-0.2, 0) is 6.54 Å². The van der Waals surface area contributed by atoms with Crippen LogP contribution in [0.2, 0.25) is 0 Å². The van der Waals surface area contributed by atoms with Crippen LogP contribution in [-0.4, -0.2) is 39.4 Å². The molecule has 174 valence electrons. The fraction of sp³-hybridized carbons (Fsp3) is 0.308. The van der Waals surface area contributed by atoms with Gasteiger partial charge in [-0.2, -0.15) is 0 Å². The van der Waals surface area contributed by atoms with Gasteiger partial charge in [0.15, 0.2) is 0 Å². The van der Waals surface area contributed by atoms with Gasteiger partial charge in [0.05, 0.1) is 23.4 Å². The Bertz CT molecular complexity index is 1310. The Hall–Kier alpha value is -3.52. The van der Waals surface area contributed by atoms with Crippen molar-refractivity contribution in [3.05, 3.63) is 76.7 Å². The Labute approximate surface area is 202 Å². The predicted molar refractivity (Wildman–Crippen MR) is 134 cm³/mol. The molecule has 1 N–H and O–H groups in total. The summed E-state index contributed by atoms with van der Waals surface area (Å²) in [5, 5.41) is 4.34. The first-order valence-electron chi connectivity index (χ1n) is 11.5. The van der Waals surface area contributed by atoms with Crippen molar-refractivity contribution in [1.29, 1.82) is 0 Å². The third-order valence-corrected chi connectivity index (χ3v) is 7.54. The van der Waals surface area contributed by atoms with Crippen molar-refractivity contribution in [3.8, 4) is 5.75 Å². The monoisotopic (exact) mass is 473 g/mol. The van der Waals surface area contributed by atoms with Crippen LogP contribution in [0.5, 0.6) is 5.75 Å². The van der Waals surface area contributed by atoms with E-state index in [0.29, 0.717) is 6.54 Å². The normalized spacial score (nSPS) is 15.9. The number of nitrogens with zero attached hydrogens (tertiary/aromatic N) is 4. The van der Waals surface area contributed by atoms with E-state index in [0.717, 1.165) is 69.2 Å². The maximum Gasteiger partial charge on any atom is 0.264 e. The lowest BCUT2D eigenvalue weighted by atomic mass is 9.96. The molecule has 1 aliphatic heterocycles. The number of anilines is 1. The van der Waals surface area contributed by atoms with Crippen LogP contribution < -0.4 is 10.1 Å². The molecule has 7 nitrogen and oxygen atoms in total. The number of likely N-dealkylation sites (tertiary alicyclic amines) is 1. The standard InChI is InChI=1S/C26H27N5O2S/c1-17-22-24(28-14-18-7-5-9-20(13-18)33-2)29-16-30-25(22)34-23(17)26(32)31-12-4-3-10-21(31)19-8-6-11-27-15-19/h5-9,11,13,15-16,21H,3-4,10,12,14H2,1-2H3,(H,28,29,30). The van der Waals surface area contributed by atoms with Gasteiger partial charge in [-0.05, 0) is 61.1 Å². The summed E-state index contributed by atoms with van der Waals surface area (Å²) < 4.78 is 5.33. The van der Waals surface area contributed by atoms with Gasteiger partial charge in [-0.1, -0.05) is 18.2 Å². The number of methoxy groups -OCH3 is 1. The van der Waals surface area contributed by atoms with Crippen LogP contribution in [0.4, 0.5) is 5.82 Å². The molecule has 4 aromatic rings. The summed E-state index contributed by atoms with van der Waals surface area (Å²) in [5.41, 5.74) is 3.10. The third-order valence-electron chi connectivity index (χ3n) is 6.35. The number of benzene rings is 1. The molecule has 3 aromatic heterocycles. The molecular weight excluding hydrogens is 446 g/mol. The quantitative estimate of drug-likeness (QED) is 0.405. The van der Waals surface area contributed by atoms with Gasteiger partial charge in [-0.3, -0.25) is 9.78 Å². The lowest BCUT2D eigenvalue weighted by Crippen LogP contribution is -2.38. The molecule has 5 rings (SSSR count). The number of carbonyl (C=O) groups excluding carboxylic acids is 1. The topological polar surface area (TPSA) is 80.2 Å². The highest BCUT2D eigenvalue weighted by Gasteiger charge is 2.31. The fourth-order valence-electron chi connectivity index (χ4n) is 4.60. The molecule has 1 fully saturated rings. The highest BCUT2D eigenvalue weighted by molar-refractivity contribution is 7.20. The van der Waals surface area contributed by atoms with Crippen LogP contribution in [0.1, 0.15) is 51.7 Å². The van der Waals surface area contributed by atoms with E-state index in [2.05, 4.69) is 26.3 Å². The van der Waals surface area contributed by atoms with E-state index >= 15 is 0 Å². The second-order valence-electron chi connectivity index (χ2n) is 8.46. The molecule has 0 bridgehead atoms. The highest BCUT2D eigenvalue weighted by atomic mass is 32.1. The third kappa shape index (κ3) is 4.33. The van der Waals surface area contributed by atoms with E-state index < -0.39 is 0 Å². The van der Waals surface area contributed by atoms with Gasteiger partial charge >= 0.3 is 0 Å². The van der Waals surface area contributed by atoms with Crippen LogP contribution >= 0.6 is 11.3 Å². The Morgan fingerprint density at radius 3 is 2.97 bits per heavy atom. The molecule has 1 aliphatic rings. The molecular formula is C26H27N5O2S. The summed E-state index contributed by atoms with van der Waals surface area (Å²) in [6.45, 7) is 3.34. The number of hydrogen-bond donors (Lipinski definition) is 1. The Morgan fingerprint density at radius 1 is 1.24 bits per heavy atom. The number of nitrogens with one attached hydrogen (secondary N) is 1. The molecule has 0 saturated carbocycles. The van der Waals surface area contributed by atoms with Crippen LogP contribution in [0.25, 0.3) is 10.2 Å². The van der Waals surface area contributed by atoms with Crippen molar-refractivity contribution in [3.63, 3.8) is 0 Å². The number of aryl methyl sites for hydroxylation is 1. The van der Waals surface area contributed by atoms with E-state index in [9.17, 15) is 4.79 Å². The maximum absolute atomic E-state index is 13.8. The van der Waals surface area contributed by atoms with Crippen LogP contribution in [0.3, 0.4) is 0 Å². The zero-order chi connectivity index (χ0) is 23.5. The first-order chi connectivity index (χ1) is 16.7. The van der Waals surface area contributed by atoms with Gasteiger partial charge in [-0.15, -0.1) is 11.3 Å². The zero-order valence-corrected chi connectivity index (χ0v) is 20.1. The molecule has 0 spiro atoms. The Kier molecular flexibility index (Phi) is 6.40. The van der Waals surface area contributed by atoms with Crippen LogP contribution in [0, 0.1) is 6.92 Å². The summed E-state index contributed by atoms with van der Waals surface area (Å²) in [7, 11) is 1.66. The Morgan fingerprint density at radius 2 is 2.15 bits per heavy atom. The minimum atomic E-state index is 0.0521. The van der Waals surface area contributed by atoms with Crippen molar-refractivity contribution in [2.24, 2.45) is 0 Å². The molecule has 34 heavy (non-hydrogen) atoms. The van der Waals surface area contributed by atoms with Crippen molar-refractivity contribution in [1.82, 2.24) is 19.9 Å². The van der Waals surface area contributed by atoms with Gasteiger partial charge in [0.2, 0.25) is 0 Å². The average Bonchev–Trinajstić information content (AvgIpc) is 3.24. The molecule has 0 radical (unpaired) electrons. The number of rotatable bonds is 6. The van der Waals surface area contributed by atoms with Gasteiger partial charge in [0.25, 0.3) is 5.91 Å². The minimum Gasteiger partial charge on any atom is -0.497 e. The number of fused-ring (bicyclic) bond motifs is 1. The summed E-state index contributed by atoms with van der Waals surface area (Å²) in [6.07, 6.45) is 8.28. The first kappa shape index (κ1) is 22.3. The van der Waals surface area contributed by atoms with Gasteiger partial charge in [0.1, 0.15) is 22.7 Å². The molecule has 1 atom stereocenters. The summed E-state index contributed by atoms with van der Waals surface area (Å²) in [5.74, 6) is 1.62. The van der Waals surface area contributed by atoms with E-state index in [1.54, 1.807) is 19.6 Å². The number of hydrogen-bond acceptors (Lipinski definition) is 7. The van der Waals surface area contributed by atoms with Crippen molar-refractivity contribution >= 4 is 33.3 Å². The smallest absolute Gasteiger partial charge is 0.264 e. The summed E-state index contributed by atoms with van der Waals surface area (Å²) in [4.78, 5) is 30.6. The number of thiophene rings is 1. The molecule has 0 aliphatic carbocycles. The van der Waals surface area contributed by atoms with E-state index in [1.807, 2.05) is 48.4 Å². The maximum atomic E-state index is 13.8. The molecule has 1 amide bonds. The minimum absolute atomic E-state index is 0.0521. The van der Waals surface area contributed by atoms with E-state index in [-0.39, 0.29) is 11.9 Å². The number of carbonyl (C=O) groups is 1. The summed E-state index contributed by atoms with van der Waals surface area (Å²) in [6, 6.07) is 12.0. The lowest BCUT2D eigenvalue weighted by Gasteiger charge is -2.35. The second-order valence-corrected chi connectivity index (χ2v) is 9.46. The molecule has 1 aromatic carbocycles. The number of pyridine rings is 1. The lowest BCUT2D eigenvalue weighted by molar-refractivity contribution is 0.0615. The van der Waals surface area contributed by atoms with Gasteiger partial charge in [0, 0.05) is 25.5 Å². The van der Waals surface area contributed by atoms with Crippen molar-refractivity contribution in [2.75, 3.05) is 19.0 Å². The number of piperidine rings is 1. The summed E-state index contributed by atoms with van der Waals surface area (Å²) >= 11 is 1.45. The van der Waals surface area contributed by atoms with E-state index in [1.165, 1.54) is 11.3 Å². The van der Waals surface area contributed by atoms with Crippen molar-refractivity contribution < 1.29 is 9.53 Å². The molecule has 4 heterocycles. The van der Waals surface area contributed by atoms with Gasteiger partial charge in [-0.25, -0.2) is 9.97 Å². The number of ether oxygens (including phenoxy) is 1. The predicted octanol–water partition coefficient (Wildman–Crippen LogP) is 5.38. The molecule has 1 saturated heterocycles.